The molecule has 5 heteroatoms. The zero-order chi connectivity index (χ0) is 9.14. The van der Waals surface area contributed by atoms with Crippen LogP contribution in [0.1, 0.15) is 5.56 Å². The molecule has 64 valence electrons. The Hall–Kier alpha value is -1.10. The first-order chi connectivity index (χ1) is 5.65. The highest BCUT2D eigenvalue weighted by atomic mass is 79.9. The fourth-order valence-electron chi connectivity index (χ4n) is 0.885. The summed E-state index contributed by atoms with van der Waals surface area (Å²) in [4.78, 5) is 10.0. The molecule has 0 aromatic heterocycles. The van der Waals surface area contributed by atoms with Crippen LogP contribution >= 0.6 is 16.1 Å². The van der Waals surface area contributed by atoms with E-state index in [1.165, 1.54) is 6.07 Å². The maximum atomic E-state index is 10.4. The van der Waals surface area contributed by atoms with Gasteiger partial charge < -0.3 is 4.34 Å². The Kier molecular flexibility index (Phi) is 2.65. The van der Waals surface area contributed by atoms with E-state index in [1.807, 2.05) is 6.92 Å². The average Bonchev–Trinajstić information content (AvgIpc) is 2.03. The summed E-state index contributed by atoms with van der Waals surface area (Å²) < 4.78 is 2.59. The Balaban J connectivity index is 3.20. The van der Waals surface area contributed by atoms with E-state index in [0.29, 0.717) is 5.69 Å². The molecule has 4 nitrogen and oxygen atoms in total. The van der Waals surface area contributed by atoms with Gasteiger partial charge in [-0.05, 0) is 18.6 Å². The molecular weight excluding hydrogens is 224 g/mol. The predicted molar refractivity (Wildman–Crippen MR) is 50.4 cm³/mol. The van der Waals surface area contributed by atoms with Crippen LogP contribution in [0.2, 0.25) is 0 Å². The molecule has 0 atom stereocenters. The van der Waals surface area contributed by atoms with Gasteiger partial charge in [0.15, 0.2) is 0 Å². The molecule has 0 aliphatic rings. The summed E-state index contributed by atoms with van der Waals surface area (Å²) in [6.45, 7) is 1.87. The van der Waals surface area contributed by atoms with Crippen LogP contribution in [0.5, 0.6) is 0 Å². The monoisotopic (exact) mass is 230 g/mol. The summed E-state index contributed by atoms with van der Waals surface area (Å²) >= 11 is 2.96. The van der Waals surface area contributed by atoms with Gasteiger partial charge in [-0.3, -0.25) is 10.1 Å². The first-order valence-corrected chi connectivity index (χ1v) is 4.06. The van der Waals surface area contributed by atoms with Crippen molar-refractivity contribution in [2.75, 3.05) is 4.34 Å². The fraction of sp³-hybridized carbons (Fsp3) is 0.143. The lowest BCUT2D eigenvalue weighted by atomic mass is 10.2. The van der Waals surface area contributed by atoms with Crippen LogP contribution in [0.15, 0.2) is 18.2 Å². The molecule has 0 saturated heterocycles. The van der Waals surface area contributed by atoms with E-state index < -0.39 is 4.92 Å². The second-order valence-electron chi connectivity index (χ2n) is 2.37. The molecule has 1 N–H and O–H groups in total. The van der Waals surface area contributed by atoms with Crippen LogP contribution in [0, 0.1) is 17.0 Å². The van der Waals surface area contributed by atoms with Gasteiger partial charge in [0.2, 0.25) is 0 Å². The summed E-state index contributed by atoms with van der Waals surface area (Å²) in [5.41, 5.74) is 1.51. The lowest BCUT2D eigenvalue weighted by Gasteiger charge is -2.00. The lowest BCUT2D eigenvalue weighted by molar-refractivity contribution is -0.383. The maximum Gasteiger partial charge on any atom is 0.293 e. The van der Waals surface area contributed by atoms with E-state index in [1.54, 1.807) is 12.1 Å². The summed E-state index contributed by atoms with van der Waals surface area (Å²) in [5.74, 6) is 0. The SMILES string of the molecule is Cc1ccc([N+](=O)[O-])c(NBr)c1. The van der Waals surface area contributed by atoms with Gasteiger partial charge in [-0.2, -0.15) is 0 Å². The number of hydrogen-bond acceptors (Lipinski definition) is 3. The number of rotatable bonds is 2. The second kappa shape index (κ2) is 3.53. The molecule has 0 heterocycles. The fourth-order valence-corrected chi connectivity index (χ4v) is 1.20. The first kappa shape index (κ1) is 8.99. The molecule has 1 aromatic carbocycles. The normalized spacial score (nSPS) is 9.50. The van der Waals surface area contributed by atoms with Crippen molar-refractivity contribution >= 4 is 27.5 Å². The van der Waals surface area contributed by atoms with Gasteiger partial charge in [0.25, 0.3) is 5.69 Å². The average molecular weight is 231 g/mol. The van der Waals surface area contributed by atoms with Crippen LogP contribution in [0.3, 0.4) is 0 Å². The lowest BCUT2D eigenvalue weighted by Crippen LogP contribution is -1.92. The molecule has 0 amide bonds. The number of halogens is 1. The third-order valence-corrected chi connectivity index (χ3v) is 1.88. The Morgan fingerprint density at radius 3 is 2.75 bits per heavy atom. The number of hydrogen-bond donors (Lipinski definition) is 1. The number of aryl methyl sites for hydroxylation is 1. The molecule has 1 rings (SSSR count). The molecule has 0 saturated carbocycles. The van der Waals surface area contributed by atoms with Gasteiger partial charge in [-0.15, -0.1) is 0 Å². The van der Waals surface area contributed by atoms with E-state index >= 15 is 0 Å². The number of nitro groups is 1. The molecule has 1 aromatic rings. The van der Waals surface area contributed by atoms with Crippen LogP contribution in [-0.4, -0.2) is 4.92 Å². The van der Waals surface area contributed by atoms with E-state index in [-0.39, 0.29) is 5.69 Å². The van der Waals surface area contributed by atoms with Crippen molar-refractivity contribution in [2.24, 2.45) is 0 Å². The Bertz CT molecular complexity index is 314. The van der Waals surface area contributed by atoms with Gasteiger partial charge >= 0.3 is 0 Å². The van der Waals surface area contributed by atoms with Crippen molar-refractivity contribution in [3.63, 3.8) is 0 Å². The van der Waals surface area contributed by atoms with Crippen LogP contribution in [0.25, 0.3) is 0 Å². The zero-order valence-corrected chi connectivity index (χ0v) is 7.96. The smallest absolute Gasteiger partial charge is 0.293 e. The topological polar surface area (TPSA) is 55.2 Å². The van der Waals surface area contributed by atoms with E-state index in [4.69, 9.17) is 0 Å². The highest BCUT2D eigenvalue weighted by Gasteiger charge is 2.11. The van der Waals surface area contributed by atoms with Crippen LogP contribution in [-0.2, 0) is 0 Å². The van der Waals surface area contributed by atoms with E-state index in [0.717, 1.165) is 5.56 Å². The number of nitro benzene ring substituents is 1. The molecule has 12 heavy (non-hydrogen) atoms. The number of nitrogens with zero attached hydrogens (tertiary/aromatic N) is 1. The van der Waals surface area contributed by atoms with Crippen molar-refractivity contribution in [3.05, 3.63) is 33.9 Å². The molecule has 0 aliphatic heterocycles. The van der Waals surface area contributed by atoms with Gasteiger partial charge in [0, 0.05) is 22.2 Å². The summed E-state index contributed by atoms with van der Waals surface area (Å²) in [5, 5.41) is 10.4. The third-order valence-electron chi connectivity index (χ3n) is 1.45. The minimum Gasteiger partial charge on any atom is -0.317 e. The standard InChI is InChI=1S/C7H7BrN2O2/c1-5-2-3-7(10(11)12)6(4-5)9-8/h2-4,9H,1H3. The molecule has 0 aliphatic carbocycles. The highest BCUT2D eigenvalue weighted by Crippen LogP contribution is 2.25. The van der Waals surface area contributed by atoms with Crippen molar-refractivity contribution in [1.82, 2.24) is 0 Å². The van der Waals surface area contributed by atoms with Gasteiger partial charge in [-0.25, -0.2) is 0 Å². The van der Waals surface area contributed by atoms with Gasteiger partial charge in [0.1, 0.15) is 5.69 Å². The Morgan fingerprint density at radius 1 is 1.58 bits per heavy atom. The summed E-state index contributed by atoms with van der Waals surface area (Å²) in [7, 11) is 0. The Morgan fingerprint density at radius 2 is 2.25 bits per heavy atom. The van der Waals surface area contributed by atoms with Crippen molar-refractivity contribution < 1.29 is 4.92 Å². The van der Waals surface area contributed by atoms with Crippen LogP contribution < -0.4 is 4.34 Å². The van der Waals surface area contributed by atoms with E-state index in [9.17, 15) is 10.1 Å². The van der Waals surface area contributed by atoms with Crippen molar-refractivity contribution in [3.8, 4) is 0 Å². The molecule has 0 bridgehead atoms. The molecular formula is C7H7BrN2O2. The second-order valence-corrected chi connectivity index (χ2v) is 2.77. The predicted octanol–water partition coefficient (Wildman–Crippen LogP) is 2.63. The molecule has 0 spiro atoms. The largest absolute Gasteiger partial charge is 0.317 e. The van der Waals surface area contributed by atoms with Crippen molar-refractivity contribution in [1.29, 1.82) is 0 Å². The number of nitrogens with one attached hydrogen (secondary N) is 1. The van der Waals surface area contributed by atoms with Gasteiger partial charge in [0.05, 0.1) is 4.92 Å². The van der Waals surface area contributed by atoms with Crippen molar-refractivity contribution in [2.45, 2.75) is 6.92 Å². The van der Waals surface area contributed by atoms with Crippen LogP contribution in [0.4, 0.5) is 11.4 Å². The zero-order valence-electron chi connectivity index (χ0n) is 6.37. The van der Waals surface area contributed by atoms with Gasteiger partial charge in [-0.1, -0.05) is 6.07 Å². The molecule has 0 fully saturated rings. The number of anilines is 1. The number of benzene rings is 1. The molecule has 0 unspecified atom stereocenters. The highest BCUT2D eigenvalue weighted by molar-refractivity contribution is 9.10. The summed E-state index contributed by atoms with van der Waals surface area (Å²) in [6.07, 6.45) is 0. The minimum absolute atomic E-state index is 0.0671. The quantitative estimate of drug-likeness (QED) is 0.483. The Labute approximate surface area is 78.1 Å². The van der Waals surface area contributed by atoms with E-state index in [2.05, 4.69) is 20.5 Å². The summed E-state index contributed by atoms with van der Waals surface area (Å²) in [6, 6.07) is 4.87. The minimum atomic E-state index is -0.428. The maximum absolute atomic E-state index is 10.4. The molecule has 0 radical (unpaired) electrons. The first-order valence-electron chi connectivity index (χ1n) is 3.27. The third kappa shape index (κ3) is 1.73.